The molecule has 30 heavy (non-hydrogen) atoms. The Kier molecular flexibility index (Phi) is 7.06. The van der Waals surface area contributed by atoms with Crippen molar-refractivity contribution in [3.8, 4) is 0 Å². The smallest absolute Gasteiger partial charge is 0.224 e. The Labute approximate surface area is 181 Å². The van der Waals surface area contributed by atoms with E-state index in [0.29, 0.717) is 24.3 Å². The Morgan fingerprint density at radius 2 is 1.87 bits per heavy atom. The Morgan fingerprint density at radius 3 is 2.57 bits per heavy atom. The molecule has 2 aliphatic rings. The van der Waals surface area contributed by atoms with Gasteiger partial charge in [0.2, 0.25) is 5.91 Å². The first-order chi connectivity index (χ1) is 14.7. The molecule has 0 bridgehead atoms. The van der Waals surface area contributed by atoms with Crippen LogP contribution in [0.1, 0.15) is 96.2 Å². The van der Waals surface area contributed by atoms with Crippen LogP contribution in [0.25, 0.3) is 11.0 Å². The number of nitrogens with zero attached hydrogens (tertiary/aromatic N) is 4. The molecule has 0 atom stereocenters. The van der Waals surface area contributed by atoms with E-state index in [4.69, 9.17) is 4.98 Å². The van der Waals surface area contributed by atoms with Crippen LogP contribution in [0.5, 0.6) is 0 Å². The first-order valence-electron chi connectivity index (χ1n) is 12.3. The SMILES string of the molecule is CCN(C(=O)CCn1c2ccncc2nc1[C@H]1CC[C@H](CC)CC1)C1CCCCC1. The fraction of sp³-hybridized carbons (Fsp3) is 0.720. The zero-order chi connectivity index (χ0) is 20.9. The summed E-state index contributed by atoms with van der Waals surface area (Å²) in [6.07, 6.45) is 16.8. The number of hydrogen-bond donors (Lipinski definition) is 0. The lowest BCUT2D eigenvalue weighted by Crippen LogP contribution is -2.41. The molecule has 2 fully saturated rings. The minimum atomic E-state index is 0.306. The minimum Gasteiger partial charge on any atom is -0.340 e. The molecule has 0 unspecified atom stereocenters. The second-order valence-electron chi connectivity index (χ2n) is 9.33. The molecule has 4 rings (SSSR count). The highest BCUT2D eigenvalue weighted by Crippen LogP contribution is 2.37. The summed E-state index contributed by atoms with van der Waals surface area (Å²) in [5.74, 6) is 2.87. The normalized spacial score (nSPS) is 23.0. The summed E-state index contributed by atoms with van der Waals surface area (Å²) in [5, 5.41) is 0. The van der Waals surface area contributed by atoms with Crippen LogP contribution in [0.2, 0.25) is 0 Å². The molecule has 0 aliphatic heterocycles. The van der Waals surface area contributed by atoms with Crippen LogP contribution in [0.3, 0.4) is 0 Å². The van der Waals surface area contributed by atoms with Crippen molar-refractivity contribution in [2.45, 2.75) is 103 Å². The van der Waals surface area contributed by atoms with Gasteiger partial charge in [0.05, 0.1) is 11.7 Å². The Hall–Kier alpha value is -1.91. The zero-order valence-corrected chi connectivity index (χ0v) is 18.9. The first kappa shape index (κ1) is 21.3. The van der Waals surface area contributed by atoms with E-state index in [1.807, 2.05) is 12.4 Å². The van der Waals surface area contributed by atoms with E-state index in [2.05, 4.69) is 34.4 Å². The first-order valence-corrected chi connectivity index (χ1v) is 12.3. The van der Waals surface area contributed by atoms with Gasteiger partial charge in [-0.25, -0.2) is 4.98 Å². The molecule has 2 aromatic rings. The van der Waals surface area contributed by atoms with Crippen LogP contribution in [0.4, 0.5) is 0 Å². The van der Waals surface area contributed by atoms with E-state index in [9.17, 15) is 4.79 Å². The second kappa shape index (κ2) is 9.93. The van der Waals surface area contributed by atoms with Crippen molar-refractivity contribution in [1.82, 2.24) is 19.4 Å². The minimum absolute atomic E-state index is 0.306. The molecule has 5 heteroatoms. The van der Waals surface area contributed by atoms with Crippen LogP contribution < -0.4 is 0 Å². The number of pyridine rings is 1. The lowest BCUT2D eigenvalue weighted by atomic mass is 9.80. The molecular formula is C25H38N4O. The van der Waals surface area contributed by atoms with Gasteiger partial charge < -0.3 is 9.47 Å². The van der Waals surface area contributed by atoms with Crippen LogP contribution in [-0.2, 0) is 11.3 Å². The summed E-state index contributed by atoms with van der Waals surface area (Å²) in [4.78, 5) is 24.6. The molecule has 5 nitrogen and oxygen atoms in total. The lowest BCUT2D eigenvalue weighted by Gasteiger charge is -2.34. The average Bonchev–Trinajstić information content (AvgIpc) is 3.17. The molecular weight excluding hydrogens is 372 g/mol. The van der Waals surface area contributed by atoms with Crippen LogP contribution in [0, 0.1) is 5.92 Å². The van der Waals surface area contributed by atoms with Crippen LogP contribution in [-0.4, -0.2) is 37.9 Å². The highest BCUT2D eigenvalue weighted by molar-refractivity contribution is 5.78. The second-order valence-corrected chi connectivity index (χ2v) is 9.33. The number of hydrogen-bond acceptors (Lipinski definition) is 3. The van der Waals surface area contributed by atoms with E-state index >= 15 is 0 Å². The molecule has 0 N–H and O–H groups in total. The van der Waals surface area contributed by atoms with Gasteiger partial charge in [-0.05, 0) is 57.4 Å². The summed E-state index contributed by atoms with van der Waals surface area (Å²) in [5.41, 5.74) is 2.10. The Morgan fingerprint density at radius 1 is 1.10 bits per heavy atom. The third kappa shape index (κ3) is 4.55. The predicted molar refractivity (Wildman–Crippen MR) is 121 cm³/mol. The number of carbonyl (C=O) groups excluding carboxylic acids is 1. The molecule has 0 radical (unpaired) electrons. The largest absolute Gasteiger partial charge is 0.340 e. The Bertz CT molecular complexity index is 831. The summed E-state index contributed by atoms with van der Waals surface area (Å²) in [6, 6.07) is 2.51. The van der Waals surface area contributed by atoms with Gasteiger partial charge in [0.25, 0.3) is 0 Å². The van der Waals surface area contributed by atoms with Crippen LogP contribution in [0.15, 0.2) is 18.5 Å². The molecule has 2 aliphatic carbocycles. The number of imidazole rings is 1. The van der Waals surface area contributed by atoms with Gasteiger partial charge in [0.15, 0.2) is 0 Å². The molecule has 164 valence electrons. The van der Waals surface area contributed by atoms with Crippen molar-refractivity contribution in [2.75, 3.05) is 6.54 Å². The molecule has 1 amide bonds. The summed E-state index contributed by atoms with van der Waals surface area (Å²) in [6.45, 7) is 5.99. The number of fused-ring (bicyclic) bond motifs is 1. The maximum Gasteiger partial charge on any atom is 0.224 e. The number of carbonyl (C=O) groups is 1. The van der Waals surface area contributed by atoms with Crippen molar-refractivity contribution < 1.29 is 4.79 Å². The molecule has 2 saturated carbocycles. The maximum atomic E-state index is 13.2. The predicted octanol–water partition coefficient (Wildman–Crippen LogP) is 5.69. The molecule has 0 spiro atoms. The monoisotopic (exact) mass is 410 g/mol. The summed E-state index contributed by atoms with van der Waals surface area (Å²) >= 11 is 0. The van der Waals surface area contributed by atoms with Gasteiger partial charge in [0, 0.05) is 37.7 Å². The lowest BCUT2D eigenvalue weighted by molar-refractivity contribution is -0.134. The molecule has 2 aromatic heterocycles. The number of aryl methyl sites for hydroxylation is 1. The zero-order valence-electron chi connectivity index (χ0n) is 18.9. The third-order valence-electron chi connectivity index (χ3n) is 7.60. The summed E-state index contributed by atoms with van der Waals surface area (Å²) < 4.78 is 2.33. The highest BCUT2D eigenvalue weighted by atomic mass is 16.2. The third-order valence-corrected chi connectivity index (χ3v) is 7.60. The quantitative estimate of drug-likeness (QED) is 0.589. The Balaban J connectivity index is 1.50. The van der Waals surface area contributed by atoms with Gasteiger partial charge in [-0.2, -0.15) is 0 Å². The summed E-state index contributed by atoms with van der Waals surface area (Å²) in [7, 11) is 0. The van der Waals surface area contributed by atoms with Gasteiger partial charge in [-0.15, -0.1) is 0 Å². The number of amides is 1. The van der Waals surface area contributed by atoms with Crippen LogP contribution >= 0.6 is 0 Å². The molecule has 0 aromatic carbocycles. The molecule has 0 saturated heterocycles. The number of aromatic nitrogens is 3. The van der Waals surface area contributed by atoms with E-state index in [0.717, 1.165) is 30.0 Å². The van der Waals surface area contributed by atoms with E-state index in [-0.39, 0.29) is 0 Å². The van der Waals surface area contributed by atoms with E-state index in [1.54, 1.807) is 0 Å². The van der Waals surface area contributed by atoms with Gasteiger partial charge in [-0.1, -0.05) is 32.6 Å². The van der Waals surface area contributed by atoms with Gasteiger partial charge in [-0.3, -0.25) is 9.78 Å². The highest BCUT2D eigenvalue weighted by Gasteiger charge is 2.27. The average molecular weight is 411 g/mol. The fourth-order valence-electron chi connectivity index (χ4n) is 5.76. The van der Waals surface area contributed by atoms with E-state index < -0.39 is 0 Å². The van der Waals surface area contributed by atoms with Crippen molar-refractivity contribution in [3.63, 3.8) is 0 Å². The van der Waals surface area contributed by atoms with Crippen molar-refractivity contribution in [3.05, 3.63) is 24.3 Å². The molecule has 2 heterocycles. The van der Waals surface area contributed by atoms with Crippen molar-refractivity contribution >= 4 is 16.9 Å². The van der Waals surface area contributed by atoms with Gasteiger partial charge in [0.1, 0.15) is 11.3 Å². The van der Waals surface area contributed by atoms with E-state index in [1.165, 1.54) is 70.0 Å². The standard InChI is InChI=1S/C25H38N4O/c1-3-19-10-12-20(13-11-19)25-27-22-18-26-16-14-23(22)29(25)17-15-24(30)28(4-2)21-8-6-5-7-9-21/h14,16,18-21H,3-13,15,17H2,1-2H3/t19-,20-. The topological polar surface area (TPSA) is 51.0 Å². The fourth-order valence-corrected chi connectivity index (χ4v) is 5.76. The van der Waals surface area contributed by atoms with Gasteiger partial charge >= 0.3 is 0 Å². The van der Waals surface area contributed by atoms with Crippen molar-refractivity contribution in [2.24, 2.45) is 5.92 Å². The van der Waals surface area contributed by atoms with Crippen molar-refractivity contribution in [1.29, 1.82) is 0 Å². The maximum absolute atomic E-state index is 13.2. The number of rotatable bonds is 7.